The maximum atomic E-state index is 10.4. The minimum atomic E-state index is -0.467. The first kappa shape index (κ1) is 11.2. The van der Waals surface area contributed by atoms with Crippen LogP contribution in [0.15, 0.2) is 24.3 Å². The molecule has 1 aliphatic heterocycles. The standard InChI is InChI=1S/C15H20O3/c16-13-3-1-2-5-14-6-4-11(9-12(13)14)10-15(14)17-7-8-18-15/h1-2,4,6,11-13,16H,3,5,7-10H2/t11-,12-,13+,14+/m1/s1. The van der Waals surface area contributed by atoms with Gasteiger partial charge in [-0.25, -0.2) is 0 Å². The molecule has 0 aromatic heterocycles. The third-order valence-electron chi connectivity index (χ3n) is 5.34. The summed E-state index contributed by atoms with van der Waals surface area (Å²) in [5.74, 6) is 0.308. The highest BCUT2D eigenvalue weighted by atomic mass is 16.7. The molecule has 0 radical (unpaired) electrons. The zero-order valence-corrected chi connectivity index (χ0v) is 10.5. The van der Waals surface area contributed by atoms with Gasteiger partial charge in [-0.15, -0.1) is 0 Å². The molecule has 4 atom stereocenters. The minimum absolute atomic E-state index is 0.148. The summed E-state index contributed by atoms with van der Waals surface area (Å²) in [5, 5.41) is 10.4. The summed E-state index contributed by atoms with van der Waals surface area (Å²) in [4.78, 5) is 0. The second-order valence-electron chi connectivity index (χ2n) is 6.13. The van der Waals surface area contributed by atoms with Gasteiger partial charge in [0, 0.05) is 12.3 Å². The van der Waals surface area contributed by atoms with Gasteiger partial charge in [0.1, 0.15) is 0 Å². The largest absolute Gasteiger partial charge is 0.392 e. The van der Waals surface area contributed by atoms with E-state index in [9.17, 15) is 5.11 Å². The average Bonchev–Trinajstić information content (AvgIpc) is 2.77. The highest BCUT2D eigenvalue weighted by Gasteiger charge is 2.64. The second kappa shape index (κ2) is 3.69. The van der Waals surface area contributed by atoms with Crippen molar-refractivity contribution >= 4 is 0 Å². The van der Waals surface area contributed by atoms with Gasteiger partial charge in [-0.05, 0) is 25.2 Å². The lowest BCUT2D eigenvalue weighted by Gasteiger charge is -2.58. The second-order valence-corrected chi connectivity index (χ2v) is 6.13. The fourth-order valence-electron chi connectivity index (χ4n) is 4.54. The van der Waals surface area contributed by atoms with E-state index in [1.54, 1.807) is 0 Å². The Hall–Kier alpha value is -0.640. The van der Waals surface area contributed by atoms with Crippen LogP contribution < -0.4 is 0 Å². The highest BCUT2D eigenvalue weighted by molar-refractivity contribution is 5.26. The lowest BCUT2D eigenvalue weighted by molar-refractivity contribution is -0.276. The quantitative estimate of drug-likeness (QED) is 0.667. The van der Waals surface area contributed by atoms with E-state index in [2.05, 4.69) is 24.3 Å². The van der Waals surface area contributed by atoms with E-state index >= 15 is 0 Å². The van der Waals surface area contributed by atoms with Gasteiger partial charge in [-0.2, -0.15) is 0 Å². The van der Waals surface area contributed by atoms with E-state index in [0.717, 1.165) is 25.7 Å². The summed E-state index contributed by atoms with van der Waals surface area (Å²) in [6.45, 7) is 1.38. The number of hydrogen-bond acceptors (Lipinski definition) is 3. The first-order valence-corrected chi connectivity index (χ1v) is 7.06. The lowest BCUT2D eigenvalue weighted by atomic mass is 9.53. The molecular formula is C15H20O3. The molecule has 1 N–H and O–H groups in total. The maximum absolute atomic E-state index is 10.4. The number of rotatable bonds is 0. The number of ether oxygens (including phenoxy) is 2. The van der Waals surface area contributed by atoms with Crippen LogP contribution in [-0.4, -0.2) is 30.2 Å². The number of allylic oxidation sites excluding steroid dienone is 2. The average molecular weight is 248 g/mol. The van der Waals surface area contributed by atoms with Crippen molar-refractivity contribution in [1.82, 2.24) is 0 Å². The predicted molar refractivity (Wildman–Crippen MR) is 66.8 cm³/mol. The van der Waals surface area contributed by atoms with Crippen molar-refractivity contribution in [3.8, 4) is 0 Å². The van der Waals surface area contributed by atoms with E-state index in [4.69, 9.17) is 9.47 Å². The zero-order chi connectivity index (χ0) is 12.2. The Balaban J connectivity index is 1.84. The molecule has 5 rings (SSSR count). The van der Waals surface area contributed by atoms with Crippen LogP contribution in [0.5, 0.6) is 0 Å². The Morgan fingerprint density at radius 1 is 1.17 bits per heavy atom. The monoisotopic (exact) mass is 248 g/mol. The van der Waals surface area contributed by atoms with Crippen molar-refractivity contribution in [2.45, 2.75) is 37.6 Å². The van der Waals surface area contributed by atoms with E-state index in [0.29, 0.717) is 19.1 Å². The molecule has 0 aromatic carbocycles. The summed E-state index contributed by atoms with van der Waals surface area (Å²) in [6.07, 6.45) is 12.4. The van der Waals surface area contributed by atoms with E-state index in [1.807, 2.05) is 0 Å². The van der Waals surface area contributed by atoms with Crippen LogP contribution in [0.3, 0.4) is 0 Å². The van der Waals surface area contributed by atoms with E-state index in [1.165, 1.54) is 0 Å². The fraction of sp³-hybridized carbons (Fsp3) is 0.733. The number of aliphatic hydroxyl groups excluding tert-OH is 1. The Labute approximate surface area is 107 Å². The first-order chi connectivity index (χ1) is 8.76. The van der Waals surface area contributed by atoms with Crippen LogP contribution >= 0.6 is 0 Å². The van der Waals surface area contributed by atoms with Gasteiger partial charge in [-0.1, -0.05) is 24.3 Å². The molecule has 18 heavy (non-hydrogen) atoms. The maximum Gasteiger partial charge on any atom is 0.178 e. The van der Waals surface area contributed by atoms with Crippen molar-refractivity contribution < 1.29 is 14.6 Å². The molecular weight excluding hydrogens is 228 g/mol. The molecule has 1 saturated heterocycles. The van der Waals surface area contributed by atoms with Gasteiger partial charge >= 0.3 is 0 Å². The first-order valence-electron chi connectivity index (χ1n) is 7.06. The smallest absolute Gasteiger partial charge is 0.178 e. The molecule has 98 valence electrons. The topological polar surface area (TPSA) is 38.7 Å². The van der Waals surface area contributed by atoms with Crippen molar-refractivity contribution in [3.63, 3.8) is 0 Å². The highest BCUT2D eigenvalue weighted by Crippen LogP contribution is 2.62. The van der Waals surface area contributed by atoms with Gasteiger partial charge in [0.05, 0.1) is 24.7 Å². The summed E-state index contributed by atoms with van der Waals surface area (Å²) in [5.41, 5.74) is -0.148. The van der Waals surface area contributed by atoms with E-state index < -0.39 is 5.79 Å². The molecule has 2 fully saturated rings. The van der Waals surface area contributed by atoms with Gasteiger partial charge in [0.15, 0.2) is 5.79 Å². The third-order valence-corrected chi connectivity index (χ3v) is 5.34. The Morgan fingerprint density at radius 3 is 2.83 bits per heavy atom. The van der Waals surface area contributed by atoms with Crippen LogP contribution in [0.25, 0.3) is 0 Å². The summed E-state index contributed by atoms with van der Waals surface area (Å²) in [7, 11) is 0. The molecule has 5 aliphatic rings. The third kappa shape index (κ3) is 1.25. The van der Waals surface area contributed by atoms with Crippen molar-refractivity contribution in [3.05, 3.63) is 24.3 Å². The molecule has 2 bridgehead atoms. The number of hydrogen-bond donors (Lipinski definition) is 1. The van der Waals surface area contributed by atoms with Gasteiger partial charge in [-0.3, -0.25) is 0 Å². The summed E-state index contributed by atoms with van der Waals surface area (Å²) < 4.78 is 12.1. The Kier molecular flexibility index (Phi) is 2.30. The van der Waals surface area contributed by atoms with Crippen LogP contribution in [0.2, 0.25) is 0 Å². The molecule has 0 aromatic rings. The van der Waals surface area contributed by atoms with Crippen molar-refractivity contribution in [1.29, 1.82) is 0 Å². The van der Waals surface area contributed by atoms with Crippen LogP contribution in [0.4, 0.5) is 0 Å². The van der Waals surface area contributed by atoms with Crippen molar-refractivity contribution in [2.75, 3.05) is 13.2 Å². The molecule has 3 nitrogen and oxygen atoms in total. The van der Waals surface area contributed by atoms with Gasteiger partial charge < -0.3 is 14.6 Å². The molecule has 3 heteroatoms. The fourth-order valence-corrected chi connectivity index (χ4v) is 4.54. The summed E-state index contributed by atoms with van der Waals surface area (Å²) >= 11 is 0. The SMILES string of the molecule is O[C@H]1CC=CC[C@]23C=C[C@H](C[C@H]12)CC31OCCO1. The molecule has 1 heterocycles. The molecule has 1 saturated carbocycles. The van der Waals surface area contributed by atoms with Crippen LogP contribution in [-0.2, 0) is 9.47 Å². The minimum Gasteiger partial charge on any atom is -0.392 e. The molecule has 0 amide bonds. The molecule has 2 spiro atoms. The molecule has 4 aliphatic carbocycles. The van der Waals surface area contributed by atoms with Gasteiger partial charge in [0.2, 0.25) is 0 Å². The van der Waals surface area contributed by atoms with E-state index in [-0.39, 0.29) is 17.4 Å². The van der Waals surface area contributed by atoms with Crippen molar-refractivity contribution in [2.24, 2.45) is 17.3 Å². The number of aliphatic hydroxyl groups is 1. The van der Waals surface area contributed by atoms with Gasteiger partial charge in [0.25, 0.3) is 0 Å². The van der Waals surface area contributed by atoms with Crippen LogP contribution in [0, 0.1) is 17.3 Å². The summed E-state index contributed by atoms with van der Waals surface area (Å²) in [6, 6.07) is 0. The normalized spacial score (nSPS) is 48.4. The Morgan fingerprint density at radius 2 is 2.00 bits per heavy atom. The lowest BCUT2D eigenvalue weighted by Crippen LogP contribution is -2.61. The predicted octanol–water partition coefficient (Wildman–Crippen LogP) is 2.02. The van der Waals surface area contributed by atoms with Crippen LogP contribution in [0.1, 0.15) is 25.7 Å². The molecule has 0 unspecified atom stereocenters. The Bertz CT molecular complexity index is 408. The zero-order valence-electron chi connectivity index (χ0n) is 10.5.